The van der Waals surface area contributed by atoms with Crippen molar-refractivity contribution in [3.05, 3.63) is 11.6 Å². The number of nitrogens with one attached hydrogen (secondary N) is 1. The van der Waals surface area contributed by atoms with E-state index in [-0.39, 0.29) is 0 Å². The first kappa shape index (κ1) is 9.70. The minimum absolute atomic E-state index is 1.09. The Hall–Kier alpha value is -0.300. The molecule has 60 valence electrons. The summed E-state index contributed by atoms with van der Waals surface area (Å²) in [6, 6.07) is 0. The first-order valence-corrected chi connectivity index (χ1v) is 4.13. The van der Waals surface area contributed by atoms with Gasteiger partial charge in [0.1, 0.15) is 0 Å². The summed E-state index contributed by atoms with van der Waals surface area (Å²) in [5.41, 5.74) is 1.50. The van der Waals surface area contributed by atoms with E-state index in [2.05, 4.69) is 32.2 Å². The molecule has 0 saturated heterocycles. The molecule has 0 heterocycles. The largest absolute Gasteiger partial charge is 0.317 e. The maximum atomic E-state index is 3.30. The fraction of sp³-hybridized carbons (Fsp3) is 0.778. The first-order valence-electron chi connectivity index (χ1n) is 4.13. The average Bonchev–Trinajstić information content (AvgIpc) is 1.98. The second-order valence-electron chi connectivity index (χ2n) is 2.59. The monoisotopic (exact) mass is 141 g/mol. The molecule has 0 saturated carbocycles. The average molecular weight is 141 g/mol. The van der Waals surface area contributed by atoms with E-state index in [4.69, 9.17) is 0 Å². The van der Waals surface area contributed by atoms with Gasteiger partial charge in [0.05, 0.1) is 0 Å². The van der Waals surface area contributed by atoms with E-state index in [1.807, 2.05) is 0 Å². The number of allylic oxidation sites excluding steroid dienone is 2. The molecule has 1 N–H and O–H groups in total. The van der Waals surface area contributed by atoms with Crippen LogP contribution in [0.5, 0.6) is 0 Å². The third-order valence-electron chi connectivity index (χ3n) is 1.67. The van der Waals surface area contributed by atoms with Crippen molar-refractivity contribution in [2.45, 2.75) is 33.6 Å². The zero-order valence-electron chi connectivity index (χ0n) is 7.41. The summed E-state index contributed by atoms with van der Waals surface area (Å²) >= 11 is 0. The van der Waals surface area contributed by atoms with Gasteiger partial charge in [0.25, 0.3) is 0 Å². The summed E-state index contributed by atoms with van der Waals surface area (Å²) in [6.45, 7) is 8.67. The van der Waals surface area contributed by atoms with Crippen LogP contribution in [0.4, 0.5) is 0 Å². The molecule has 0 unspecified atom stereocenters. The predicted molar refractivity (Wildman–Crippen MR) is 47.2 cm³/mol. The predicted octanol–water partition coefficient (Wildman–Crippen LogP) is 2.34. The van der Waals surface area contributed by atoms with Crippen LogP contribution in [0.1, 0.15) is 33.6 Å². The first-order chi connectivity index (χ1) is 4.81. The minimum Gasteiger partial charge on any atom is -0.317 e. The lowest BCUT2D eigenvalue weighted by Gasteiger charge is -2.00. The second-order valence-corrected chi connectivity index (χ2v) is 2.59. The van der Waals surface area contributed by atoms with Crippen molar-refractivity contribution in [2.24, 2.45) is 0 Å². The topological polar surface area (TPSA) is 12.0 Å². The summed E-state index contributed by atoms with van der Waals surface area (Å²) in [5, 5.41) is 3.30. The molecule has 0 radical (unpaired) electrons. The molecule has 0 aliphatic carbocycles. The van der Waals surface area contributed by atoms with Gasteiger partial charge in [-0.1, -0.05) is 18.6 Å². The van der Waals surface area contributed by atoms with Crippen molar-refractivity contribution in [2.75, 3.05) is 13.1 Å². The lowest BCUT2D eigenvalue weighted by Crippen LogP contribution is -2.13. The van der Waals surface area contributed by atoms with Crippen LogP contribution in [0, 0.1) is 0 Å². The molecule has 0 amide bonds. The SMILES string of the molecule is CC=C(C)CCCNCC. The van der Waals surface area contributed by atoms with Crippen LogP contribution < -0.4 is 5.32 Å². The zero-order valence-corrected chi connectivity index (χ0v) is 7.41. The molecule has 0 aromatic rings. The van der Waals surface area contributed by atoms with Crippen LogP contribution in [-0.2, 0) is 0 Å². The van der Waals surface area contributed by atoms with Gasteiger partial charge in [-0.2, -0.15) is 0 Å². The van der Waals surface area contributed by atoms with Gasteiger partial charge in [-0.05, 0) is 39.8 Å². The Morgan fingerprint density at radius 3 is 2.70 bits per heavy atom. The lowest BCUT2D eigenvalue weighted by atomic mass is 10.1. The Labute approximate surface area is 64.5 Å². The van der Waals surface area contributed by atoms with Crippen molar-refractivity contribution in [1.82, 2.24) is 5.32 Å². The molecular formula is C9H19N. The lowest BCUT2D eigenvalue weighted by molar-refractivity contribution is 0.670. The number of hydrogen-bond donors (Lipinski definition) is 1. The minimum atomic E-state index is 1.09. The van der Waals surface area contributed by atoms with Gasteiger partial charge < -0.3 is 5.32 Å². The Morgan fingerprint density at radius 2 is 2.20 bits per heavy atom. The van der Waals surface area contributed by atoms with E-state index < -0.39 is 0 Å². The molecule has 0 rings (SSSR count). The summed E-state index contributed by atoms with van der Waals surface area (Å²) in [5.74, 6) is 0. The molecule has 0 bridgehead atoms. The van der Waals surface area contributed by atoms with Crippen molar-refractivity contribution < 1.29 is 0 Å². The van der Waals surface area contributed by atoms with Crippen LogP contribution in [-0.4, -0.2) is 13.1 Å². The molecule has 1 heteroatoms. The van der Waals surface area contributed by atoms with Gasteiger partial charge >= 0.3 is 0 Å². The van der Waals surface area contributed by atoms with E-state index in [9.17, 15) is 0 Å². The van der Waals surface area contributed by atoms with E-state index in [1.54, 1.807) is 0 Å². The van der Waals surface area contributed by atoms with E-state index in [1.165, 1.54) is 18.4 Å². The standard InChI is InChI=1S/C9H19N/c1-4-9(3)7-6-8-10-5-2/h4,10H,5-8H2,1-3H3. The van der Waals surface area contributed by atoms with Gasteiger partial charge in [0, 0.05) is 0 Å². The molecule has 0 spiro atoms. The normalized spacial score (nSPS) is 12.1. The summed E-state index contributed by atoms with van der Waals surface area (Å²) in [4.78, 5) is 0. The third-order valence-corrected chi connectivity index (χ3v) is 1.67. The van der Waals surface area contributed by atoms with Crippen molar-refractivity contribution in [3.63, 3.8) is 0 Å². The quantitative estimate of drug-likeness (QED) is 0.458. The van der Waals surface area contributed by atoms with Crippen LogP contribution >= 0.6 is 0 Å². The van der Waals surface area contributed by atoms with Gasteiger partial charge in [-0.3, -0.25) is 0 Å². The summed E-state index contributed by atoms with van der Waals surface area (Å²) in [7, 11) is 0. The maximum Gasteiger partial charge on any atom is -0.00460 e. The van der Waals surface area contributed by atoms with Gasteiger partial charge in [0.2, 0.25) is 0 Å². The summed E-state index contributed by atoms with van der Waals surface area (Å²) in [6.07, 6.45) is 4.69. The number of hydrogen-bond acceptors (Lipinski definition) is 1. The van der Waals surface area contributed by atoms with E-state index in [0.29, 0.717) is 0 Å². The van der Waals surface area contributed by atoms with Gasteiger partial charge in [-0.15, -0.1) is 0 Å². The van der Waals surface area contributed by atoms with Crippen LogP contribution in [0.3, 0.4) is 0 Å². The molecular weight excluding hydrogens is 122 g/mol. The molecule has 0 aliphatic heterocycles. The molecule has 0 fully saturated rings. The smallest absolute Gasteiger partial charge is 0.00460 e. The highest BCUT2D eigenvalue weighted by atomic mass is 14.8. The fourth-order valence-electron chi connectivity index (χ4n) is 0.813. The van der Waals surface area contributed by atoms with E-state index in [0.717, 1.165) is 13.1 Å². The van der Waals surface area contributed by atoms with Crippen LogP contribution in [0.25, 0.3) is 0 Å². The van der Waals surface area contributed by atoms with Gasteiger partial charge in [0.15, 0.2) is 0 Å². The molecule has 10 heavy (non-hydrogen) atoms. The maximum absolute atomic E-state index is 3.30. The highest BCUT2D eigenvalue weighted by Gasteiger charge is 1.87. The molecule has 0 aliphatic rings. The highest BCUT2D eigenvalue weighted by Crippen LogP contribution is 2.01. The second kappa shape index (κ2) is 6.81. The van der Waals surface area contributed by atoms with Crippen LogP contribution in [0.15, 0.2) is 11.6 Å². The molecule has 0 aromatic carbocycles. The summed E-state index contributed by atoms with van der Waals surface area (Å²) < 4.78 is 0. The fourth-order valence-corrected chi connectivity index (χ4v) is 0.813. The number of rotatable bonds is 5. The van der Waals surface area contributed by atoms with Crippen molar-refractivity contribution >= 4 is 0 Å². The van der Waals surface area contributed by atoms with Crippen molar-refractivity contribution in [1.29, 1.82) is 0 Å². The molecule has 1 nitrogen and oxygen atoms in total. The van der Waals surface area contributed by atoms with E-state index >= 15 is 0 Å². The molecule has 0 atom stereocenters. The van der Waals surface area contributed by atoms with Crippen molar-refractivity contribution in [3.8, 4) is 0 Å². The molecule has 0 aromatic heterocycles. The van der Waals surface area contributed by atoms with Crippen LogP contribution in [0.2, 0.25) is 0 Å². The third kappa shape index (κ3) is 5.83. The Balaban J connectivity index is 3.04. The Morgan fingerprint density at radius 1 is 1.50 bits per heavy atom. The van der Waals surface area contributed by atoms with Gasteiger partial charge in [-0.25, -0.2) is 0 Å². The zero-order chi connectivity index (χ0) is 7.82. The Bertz CT molecular complexity index is 94.9. The highest BCUT2D eigenvalue weighted by molar-refractivity contribution is 4.94. The Kier molecular flexibility index (Phi) is 6.61.